The third-order valence-corrected chi connectivity index (χ3v) is 4.33. The average molecular weight is 218 g/mol. The van der Waals surface area contributed by atoms with E-state index in [1.165, 1.54) is 0 Å². The molecular formula is C7H21N2Si3. The van der Waals surface area contributed by atoms with Crippen molar-refractivity contribution in [3.8, 4) is 0 Å². The summed E-state index contributed by atoms with van der Waals surface area (Å²) in [5, 5.41) is 0. The van der Waals surface area contributed by atoms with E-state index in [9.17, 15) is 0 Å². The molecule has 0 spiro atoms. The van der Waals surface area contributed by atoms with Gasteiger partial charge in [-0.15, -0.1) is 0 Å². The number of hydrogen-bond donors (Lipinski definition) is 2. The van der Waals surface area contributed by atoms with Crippen molar-refractivity contribution in [1.82, 2.24) is 9.96 Å². The van der Waals surface area contributed by atoms with E-state index in [1.54, 1.807) is 0 Å². The standard InChI is InChI=1S/C7H21N2Si3/c1-11(2,3)8-7(10)9-12(4,5)6/h7-9H,1-6H3. The van der Waals surface area contributed by atoms with Crippen LogP contribution in [0.4, 0.5) is 0 Å². The molecule has 0 saturated heterocycles. The summed E-state index contributed by atoms with van der Waals surface area (Å²) in [5.74, 6) is 0.281. The Kier molecular flexibility index (Phi) is 4.39. The molecule has 0 heterocycles. The van der Waals surface area contributed by atoms with Gasteiger partial charge in [-0.2, -0.15) is 0 Å². The van der Waals surface area contributed by atoms with E-state index in [1.807, 2.05) is 0 Å². The van der Waals surface area contributed by atoms with Gasteiger partial charge < -0.3 is 9.96 Å². The summed E-state index contributed by atoms with van der Waals surface area (Å²) < 4.78 is 0. The molecule has 71 valence electrons. The van der Waals surface area contributed by atoms with Crippen molar-refractivity contribution < 1.29 is 0 Å². The maximum Gasteiger partial charge on any atom is 0.117 e. The van der Waals surface area contributed by atoms with Gasteiger partial charge in [0.1, 0.15) is 16.5 Å². The molecule has 0 aromatic heterocycles. The lowest BCUT2D eigenvalue weighted by Gasteiger charge is -2.30. The molecule has 12 heavy (non-hydrogen) atoms. The molecule has 0 aliphatic heterocycles. The molecule has 0 aromatic carbocycles. The monoisotopic (exact) mass is 217 g/mol. The van der Waals surface area contributed by atoms with Gasteiger partial charge in [-0.1, -0.05) is 39.3 Å². The molecule has 2 N–H and O–H groups in total. The predicted octanol–water partition coefficient (Wildman–Crippen LogP) is 1.29. The molecule has 0 aromatic rings. The van der Waals surface area contributed by atoms with Crippen molar-refractivity contribution in [3.05, 3.63) is 0 Å². The van der Waals surface area contributed by atoms with E-state index in [0.29, 0.717) is 0 Å². The second-order valence-corrected chi connectivity index (χ2v) is 15.4. The summed E-state index contributed by atoms with van der Waals surface area (Å²) in [4.78, 5) is 7.10. The zero-order valence-corrected chi connectivity index (χ0v) is 12.1. The summed E-state index contributed by atoms with van der Waals surface area (Å²) in [7, 11) is 1.33. The Morgan fingerprint density at radius 3 is 1.25 bits per heavy atom. The molecule has 5 heteroatoms. The van der Waals surface area contributed by atoms with Crippen LogP contribution < -0.4 is 9.96 Å². The van der Waals surface area contributed by atoms with Gasteiger partial charge in [-0.3, -0.25) is 0 Å². The van der Waals surface area contributed by atoms with Gasteiger partial charge in [0.15, 0.2) is 0 Å². The fourth-order valence-electron chi connectivity index (χ4n) is 0.902. The molecule has 0 atom stereocenters. The van der Waals surface area contributed by atoms with Crippen LogP contribution in [0.2, 0.25) is 39.3 Å². The first-order valence-electron chi connectivity index (χ1n) is 4.37. The summed E-state index contributed by atoms with van der Waals surface area (Å²) in [6, 6.07) is 0. The molecule has 0 rings (SSSR count). The maximum absolute atomic E-state index is 3.65. The fraction of sp³-hybridized carbons (Fsp3) is 1.00. The van der Waals surface area contributed by atoms with E-state index in [0.717, 1.165) is 0 Å². The van der Waals surface area contributed by atoms with Crippen molar-refractivity contribution >= 4 is 26.7 Å². The Bertz CT molecular complexity index is 121. The molecule has 0 aliphatic carbocycles. The van der Waals surface area contributed by atoms with Crippen LogP contribution >= 0.6 is 0 Å². The highest BCUT2D eigenvalue weighted by Gasteiger charge is 2.20. The van der Waals surface area contributed by atoms with Gasteiger partial charge >= 0.3 is 0 Å². The van der Waals surface area contributed by atoms with E-state index < -0.39 is 16.5 Å². The smallest absolute Gasteiger partial charge is 0.117 e. The minimum absolute atomic E-state index is 0.281. The second kappa shape index (κ2) is 4.19. The van der Waals surface area contributed by atoms with Gasteiger partial charge in [-0.25, -0.2) is 0 Å². The molecule has 0 fully saturated rings. The second-order valence-electron chi connectivity index (χ2n) is 5.22. The normalized spacial score (nSPS) is 14.0. The minimum atomic E-state index is -1.16. The van der Waals surface area contributed by atoms with Crippen LogP contribution in [0, 0.1) is 0 Å². The third kappa shape index (κ3) is 8.67. The zero-order chi connectivity index (χ0) is 9.99. The summed E-state index contributed by atoms with van der Waals surface area (Å²) in [6.07, 6.45) is 0. The predicted molar refractivity (Wildman–Crippen MR) is 62.5 cm³/mol. The number of rotatable bonds is 4. The van der Waals surface area contributed by atoms with E-state index >= 15 is 0 Å². The van der Waals surface area contributed by atoms with Crippen LogP contribution in [0.3, 0.4) is 0 Å². The summed E-state index contributed by atoms with van der Waals surface area (Å²) in [6.45, 7) is 13.8. The largest absolute Gasteiger partial charge is 0.327 e. The van der Waals surface area contributed by atoms with E-state index in [-0.39, 0.29) is 5.79 Å². The highest BCUT2D eigenvalue weighted by molar-refractivity contribution is 6.75. The molecule has 0 amide bonds. The van der Waals surface area contributed by atoms with Crippen LogP contribution in [-0.2, 0) is 0 Å². The maximum atomic E-state index is 3.65. The lowest BCUT2D eigenvalue weighted by atomic mass is 11.2. The van der Waals surface area contributed by atoms with Gasteiger partial charge in [0, 0.05) is 5.79 Å². The Morgan fingerprint density at radius 1 is 0.833 bits per heavy atom. The van der Waals surface area contributed by atoms with Crippen LogP contribution in [0.15, 0.2) is 0 Å². The molecular weight excluding hydrogens is 196 g/mol. The molecule has 0 saturated carbocycles. The highest BCUT2D eigenvalue weighted by Crippen LogP contribution is 1.98. The number of nitrogens with one attached hydrogen (secondary N) is 2. The SMILES string of the molecule is C[Si](C)(C)NC([Si])N[Si](C)(C)C. The molecule has 3 radical (unpaired) electrons. The van der Waals surface area contributed by atoms with Crippen molar-refractivity contribution in [2.24, 2.45) is 0 Å². The third-order valence-electron chi connectivity index (χ3n) is 1.15. The Balaban J connectivity index is 3.83. The van der Waals surface area contributed by atoms with Crippen molar-refractivity contribution in [2.45, 2.75) is 45.1 Å². The molecule has 0 bridgehead atoms. The lowest BCUT2D eigenvalue weighted by molar-refractivity contribution is 0.758. The van der Waals surface area contributed by atoms with Gasteiger partial charge in [0.25, 0.3) is 0 Å². The van der Waals surface area contributed by atoms with Crippen LogP contribution in [-0.4, -0.2) is 32.5 Å². The fourth-order valence-corrected chi connectivity index (χ4v) is 5.52. The Labute approximate surface area is 82.1 Å². The first-order chi connectivity index (χ1) is 5.10. The lowest BCUT2D eigenvalue weighted by Crippen LogP contribution is -2.60. The van der Waals surface area contributed by atoms with Crippen molar-refractivity contribution in [2.75, 3.05) is 0 Å². The quantitative estimate of drug-likeness (QED) is 0.548. The van der Waals surface area contributed by atoms with Crippen LogP contribution in [0.25, 0.3) is 0 Å². The average Bonchev–Trinajstić information content (AvgIpc) is 1.49. The van der Waals surface area contributed by atoms with Crippen LogP contribution in [0.5, 0.6) is 0 Å². The Morgan fingerprint density at radius 2 is 1.08 bits per heavy atom. The van der Waals surface area contributed by atoms with Crippen LogP contribution in [0.1, 0.15) is 0 Å². The molecule has 2 nitrogen and oxygen atoms in total. The van der Waals surface area contributed by atoms with Gasteiger partial charge in [0.05, 0.1) is 10.2 Å². The summed E-state index contributed by atoms with van der Waals surface area (Å²) in [5.41, 5.74) is 0. The van der Waals surface area contributed by atoms with Gasteiger partial charge in [0.2, 0.25) is 0 Å². The number of hydrogen-bond acceptors (Lipinski definition) is 2. The first-order valence-corrected chi connectivity index (χ1v) is 11.9. The minimum Gasteiger partial charge on any atom is -0.327 e. The summed E-state index contributed by atoms with van der Waals surface area (Å²) >= 11 is 0. The van der Waals surface area contributed by atoms with E-state index in [4.69, 9.17) is 0 Å². The highest BCUT2D eigenvalue weighted by atomic mass is 28.3. The topological polar surface area (TPSA) is 24.1 Å². The van der Waals surface area contributed by atoms with Crippen molar-refractivity contribution in [1.29, 1.82) is 0 Å². The Hall–Kier alpha value is 0.571. The van der Waals surface area contributed by atoms with Crippen molar-refractivity contribution in [3.63, 3.8) is 0 Å². The first kappa shape index (κ1) is 12.6. The molecule has 0 unspecified atom stereocenters. The van der Waals surface area contributed by atoms with Gasteiger partial charge in [-0.05, 0) is 0 Å². The molecule has 0 aliphatic rings. The zero-order valence-electron chi connectivity index (χ0n) is 9.08. The van der Waals surface area contributed by atoms with E-state index in [2.05, 4.69) is 59.5 Å².